The number of nitrogens with zero attached hydrogens (tertiary/aromatic N) is 1. The van der Waals surface area contributed by atoms with E-state index in [0.717, 1.165) is 45.3 Å². The van der Waals surface area contributed by atoms with Crippen molar-refractivity contribution in [2.45, 2.75) is 44.1 Å². The lowest BCUT2D eigenvalue weighted by Crippen LogP contribution is -2.47. The largest absolute Gasteiger partial charge is 0.338 e. The minimum Gasteiger partial charge on any atom is -0.338 e. The lowest BCUT2D eigenvalue weighted by atomic mass is 9.93. The number of carbonyl (C=O) groups excluding carboxylic acids is 1. The quantitative estimate of drug-likeness (QED) is 0.892. The van der Waals surface area contributed by atoms with Gasteiger partial charge >= 0.3 is 0 Å². The van der Waals surface area contributed by atoms with Gasteiger partial charge in [-0.15, -0.1) is 0 Å². The molecule has 1 aliphatic heterocycles. The Bertz CT molecular complexity index is 461. The molecular formula is C17H24N2O. The number of carbonyl (C=O) groups is 1. The van der Waals surface area contributed by atoms with Crippen LogP contribution in [0.4, 0.5) is 0 Å². The molecule has 1 heterocycles. The summed E-state index contributed by atoms with van der Waals surface area (Å²) in [5.74, 6) is 0.360. The van der Waals surface area contributed by atoms with Crippen LogP contribution in [-0.2, 0) is 10.2 Å². The molecule has 1 atom stereocenters. The molecule has 3 heteroatoms. The van der Waals surface area contributed by atoms with Crippen molar-refractivity contribution in [3.63, 3.8) is 0 Å². The molecule has 20 heavy (non-hydrogen) atoms. The molecule has 1 saturated carbocycles. The Morgan fingerprint density at radius 2 is 2.10 bits per heavy atom. The predicted octanol–water partition coefficient (Wildman–Crippen LogP) is 2.32. The molecule has 0 bridgehead atoms. The second-order valence-electron chi connectivity index (χ2n) is 6.09. The SMILES string of the molecule is CCCN(C(=O)C1(c2ccccc2)CC1)C1CCNC1. The number of nitrogens with one attached hydrogen (secondary N) is 1. The minimum absolute atomic E-state index is 0.209. The van der Waals surface area contributed by atoms with Crippen LogP contribution < -0.4 is 5.32 Å². The summed E-state index contributed by atoms with van der Waals surface area (Å²) in [4.78, 5) is 15.3. The van der Waals surface area contributed by atoms with Gasteiger partial charge in [-0.3, -0.25) is 4.79 Å². The molecule has 3 nitrogen and oxygen atoms in total. The molecule has 2 fully saturated rings. The predicted molar refractivity (Wildman–Crippen MR) is 80.6 cm³/mol. The van der Waals surface area contributed by atoms with Gasteiger partial charge in [0.05, 0.1) is 5.41 Å². The van der Waals surface area contributed by atoms with Crippen molar-refractivity contribution in [3.05, 3.63) is 35.9 Å². The Kier molecular flexibility index (Phi) is 3.79. The molecule has 0 aromatic heterocycles. The van der Waals surface area contributed by atoms with Crippen molar-refractivity contribution in [1.29, 1.82) is 0 Å². The number of hydrogen-bond acceptors (Lipinski definition) is 2. The molecule has 1 saturated heterocycles. The number of hydrogen-bond donors (Lipinski definition) is 1. The summed E-state index contributed by atoms with van der Waals surface area (Å²) in [5, 5.41) is 3.38. The van der Waals surface area contributed by atoms with E-state index in [-0.39, 0.29) is 5.41 Å². The van der Waals surface area contributed by atoms with E-state index in [1.54, 1.807) is 0 Å². The fourth-order valence-corrected chi connectivity index (χ4v) is 3.38. The Hall–Kier alpha value is -1.35. The fourth-order valence-electron chi connectivity index (χ4n) is 3.38. The lowest BCUT2D eigenvalue weighted by Gasteiger charge is -2.32. The van der Waals surface area contributed by atoms with Crippen molar-refractivity contribution in [1.82, 2.24) is 10.2 Å². The van der Waals surface area contributed by atoms with Gasteiger partial charge in [-0.1, -0.05) is 37.3 Å². The van der Waals surface area contributed by atoms with Crippen molar-refractivity contribution < 1.29 is 4.79 Å². The van der Waals surface area contributed by atoms with Gasteiger partial charge < -0.3 is 10.2 Å². The molecule has 1 aromatic carbocycles. The zero-order valence-corrected chi connectivity index (χ0v) is 12.3. The second-order valence-corrected chi connectivity index (χ2v) is 6.09. The summed E-state index contributed by atoms with van der Waals surface area (Å²) in [6, 6.07) is 10.7. The molecule has 2 aliphatic rings. The van der Waals surface area contributed by atoms with Gasteiger partial charge in [0.25, 0.3) is 0 Å². The molecule has 3 rings (SSSR count). The van der Waals surface area contributed by atoms with Gasteiger partial charge in [-0.2, -0.15) is 0 Å². The summed E-state index contributed by atoms with van der Waals surface area (Å²) < 4.78 is 0. The van der Waals surface area contributed by atoms with E-state index < -0.39 is 0 Å². The van der Waals surface area contributed by atoms with Crippen molar-refractivity contribution in [2.24, 2.45) is 0 Å². The average molecular weight is 272 g/mol. The molecule has 1 amide bonds. The van der Waals surface area contributed by atoms with E-state index in [1.807, 2.05) is 18.2 Å². The smallest absolute Gasteiger partial charge is 0.233 e. The van der Waals surface area contributed by atoms with E-state index in [9.17, 15) is 4.79 Å². The third-order valence-corrected chi connectivity index (χ3v) is 4.69. The first-order valence-corrected chi connectivity index (χ1v) is 7.85. The maximum Gasteiger partial charge on any atom is 0.233 e. The Morgan fingerprint density at radius 3 is 2.65 bits per heavy atom. The maximum absolute atomic E-state index is 13.1. The average Bonchev–Trinajstić information content (AvgIpc) is 3.13. The second kappa shape index (κ2) is 5.57. The van der Waals surface area contributed by atoms with Crippen LogP contribution in [0.2, 0.25) is 0 Å². The maximum atomic E-state index is 13.1. The zero-order chi connectivity index (χ0) is 14.0. The van der Waals surface area contributed by atoms with E-state index in [1.165, 1.54) is 5.56 Å². The normalized spacial score (nSPS) is 23.6. The van der Waals surface area contributed by atoms with Crippen LogP contribution in [-0.4, -0.2) is 36.5 Å². The first kappa shape index (κ1) is 13.6. The van der Waals surface area contributed by atoms with Gasteiger partial charge in [0.2, 0.25) is 5.91 Å². The lowest BCUT2D eigenvalue weighted by molar-refractivity contribution is -0.136. The van der Waals surface area contributed by atoms with Gasteiger partial charge in [0.1, 0.15) is 0 Å². The summed E-state index contributed by atoms with van der Waals surface area (Å²) in [5.41, 5.74) is 0.996. The fraction of sp³-hybridized carbons (Fsp3) is 0.588. The Morgan fingerprint density at radius 1 is 1.35 bits per heavy atom. The highest BCUT2D eigenvalue weighted by Crippen LogP contribution is 2.49. The van der Waals surface area contributed by atoms with E-state index in [0.29, 0.717) is 11.9 Å². The van der Waals surface area contributed by atoms with Crippen LogP contribution in [0.25, 0.3) is 0 Å². The third kappa shape index (κ3) is 2.35. The molecule has 0 radical (unpaired) electrons. The van der Waals surface area contributed by atoms with E-state index >= 15 is 0 Å². The Balaban J connectivity index is 1.82. The van der Waals surface area contributed by atoms with Gasteiger partial charge in [-0.25, -0.2) is 0 Å². The first-order chi connectivity index (χ1) is 9.78. The van der Waals surface area contributed by atoms with Gasteiger partial charge in [0, 0.05) is 19.1 Å². The number of benzene rings is 1. The highest BCUT2D eigenvalue weighted by atomic mass is 16.2. The van der Waals surface area contributed by atoms with Crippen LogP contribution in [0.5, 0.6) is 0 Å². The van der Waals surface area contributed by atoms with Crippen LogP contribution in [0.15, 0.2) is 30.3 Å². The van der Waals surface area contributed by atoms with Crippen molar-refractivity contribution in [3.8, 4) is 0 Å². The summed E-state index contributed by atoms with van der Waals surface area (Å²) in [6.07, 6.45) is 4.15. The van der Waals surface area contributed by atoms with Gasteiger partial charge in [-0.05, 0) is 37.8 Å². The van der Waals surface area contributed by atoms with Crippen LogP contribution in [0.3, 0.4) is 0 Å². The highest BCUT2D eigenvalue weighted by molar-refractivity contribution is 5.91. The summed E-state index contributed by atoms with van der Waals surface area (Å²) >= 11 is 0. The standard InChI is InChI=1S/C17H24N2O/c1-2-12-19(15-8-11-18-13-15)16(20)17(9-10-17)14-6-4-3-5-7-14/h3-7,15,18H,2,8-13H2,1H3. The molecular weight excluding hydrogens is 248 g/mol. The molecule has 1 N–H and O–H groups in total. The van der Waals surface area contributed by atoms with Crippen LogP contribution in [0, 0.1) is 0 Å². The molecule has 1 unspecified atom stereocenters. The van der Waals surface area contributed by atoms with Gasteiger partial charge in [0.15, 0.2) is 0 Å². The monoisotopic (exact) mass is 272 g/mol. The van der Waals surface area contributed by atoms with Crippen molar-refractivity contribution >= 4 is 5.91 Å². The van der Waals surface area contributed by atoms with Crippen molar-refractivity contribution in [2.75, 3.05) is 19.6 Å². The third-order valence-electron chi connectivity index (χ3n) is 4.69. The molecule has 1 aromatic rings. The summed E-state index contributed by atoms with van der Waals surface area (Å²) in [6.45, 7) is 5.04. The molecule has 1 aliphatic carbocycles. The molecule has 108 valence electrons. The number of rotatable bonds is 5. The zero-order valence-electron chi connectivity index (χ0n) is 12.3. The highest BCUT2D eigenvalue weighted by Gasteiger charge is 2.53. The van der Waals surface area contributed by atoms with E-state index in [2.05, 4.69) is 29.3 Å². The van der Waals surface area contributed by atoms with E-state index in [4.69, 9.17) is 0 Å². The topological polar surface area (TPSA) is 32.3 Å². The molecule has 0 spiro atoms. The summed E-state index contributed by atoms with van der Waals surface area (Å²) in [7, 11) is 0. The minimum atomic E-state index is -0.209. The Labute approximate surface area is 121 Å². The van der Waals surface area contributed by atoms with Crippen LogP contribution in [0.1, 0.15) is 38.2 Å². The van der Waals surface area contributed by atoms with Crippen LogP contribution >= 0.6 is 0 Å². The first-order valence-electron chi connectivity index (χ1n) is 7.85. The number of amides is 1.